The van der Waals surface area contributed by atoms with E-state index >= 15 is 0 Å². The van der Waals surface area contributed by atoms with E-state index in [0.29, 0.717) is 0 Å². The molecule has 0 aliphatic heterocycles. The zero-order valence-corrected chi connectivity index (χ0v) is 11.4. The van der Waals surface area contributed by atoms with Crippen LogP contribution in [0.5, 0.6) is 0 Å². The minimum atomic E-state index is 0.863. The molecule has 0 bridgehead atoms. The van der Waals surface area contributed by atoms with Crippen molar-refractivity contribution >= 4 is 5.82 Å². The molecule has 2 heterocycles. The molecule has 2 aromatic heterocycles. The Morgan fingerprint density at radius 3 is 2.53 bits per heavy atom. The van der Waals surface area contributed by atoms with Gasteiger partial charge in [0.15, 0.2) is 0 Å². The summed E-state index contributed by atoms with van der Waals surface area (Å²) in [6.07, 6.45) is 8.04. The van der Waals surface area contributed by atoms with Crippen LogP contribution < -0.4 is 5.32 Å². The minimum absolute atomic E-state index is 0.863. The quantitative estimate of drug-likeness (QED) is 0.862. The van der Waals surface area contributed by atoms with Crippen molar-refractivity contribution in [3.8, 4) is 11.3 Å². The maximum atomic E-state index is 4.57. The Labute approximate surface area is 113 Å². The molecule has 0 amide bonds. The van der Waals surface area contributed by atoms with Crippen molar-refractivity contribution in [2.45, 2.75) is 33.1 Å². The van der Waals surface area contributed by atoms with Gasteiger partial charge in [-0.1, -0.05) is 13.8 Å². The third-order valence-corrected chi connectivity index (χ3v) is 2.66. The summed E-state index contributed by atoms with van der Waals surface area (Å²) in [5.74, 6) is 1.74. The lowest BCUT2D eigenvalue weighted by molar-refractivity contribution is 0.833. The van der Waals surface area contributed by atoms with Crippen LogP contribution in [-0.2, 0) is 6.42 Å². The molecule has 0 saturated heterocycles. The zero-order valence-electron chi connectivity index (χ0n) is 11.4. The Morgan fingerprint density at radius 1 is 1.05 bits per heavy atom. The summed E-state index contributed by atoms with van der Waals surface area (Å²) < 4.78 is 0. The van der Waals surface area contributed by atoms with Crippen LogP contribution in [0, 0.1) is 0 Å². The first-order chi connectivity index (χ1) is 9.33. The van der Waals surface area contributed by atoms with Gasteiger partial charge in [0.05, 0.1) is 5.69 Å². The maximum Gasteiger partial charge on any atom is 0.131 e. The van der Waals surface area contributed by atoms with Gasteiger partial charge >= 0.3 is 0 Å². The standard InChI is InChI=1S/C14H19N5/c1-3-5-13-18-12(11-8-15-10-16-9-11)7-14(19-13)17-6-4-2/h7-10H,3-6H2,1-2H3,(H,17,18,19). The Bertz CT molecular complexity index is 512. The summed E-state index contributed by atoms with van der Waals surface area (Å²) in [5, 5.41) is 3.31. The molecular formula is C14H19N5. The summed E-state index contributed by atoms with van der Waals surface area (Å²) in [5.41, 5.74) is 1.79. The molecule has 100 valence electrons. The lowest BCUT2D eigenvalue weighted by Gasteiger charge is -2.09. The zero-order chi connectivity index (χ0) is 13.5. The van der Waals surface area contributed by atoms with E-state index in [1.165, 1.54) is 6.33 Å². The van der Waals surface area contributed by atoms with Crippen LogP contribution in [-0.4, -0.2) is 26.5 Å². The molecule has 5 nitrogen and oxygen atoms in total. The number of hydrogen-bond donors (Lipinski definition) is 1. The molecule has 0 unspecified atom stereocenters. The highest BCUT2D eigenvalue weighted by molar-refractivity contribution is 5.60. The SMILES string of the molecule is CCCNc1cc(-c2cncnc2)nc(CCC)n1. The molecule has 0 aliphatic rings. The van der Waals surface area contributed by atoms with Gasteiger partial charge in [-0.15, -0.1) is 0 Å². The van der Waals surface area contributed by atoms with Gasteiger partial charge in [-0.05, 0) is 12.8 Å². The van der Waals surface area contributed by atoms with Crippen molar-refractivity contribution in [3.05, 3.63) is 30.6 Å². The van der Waals surface area contributed by atoms with Crippen molar-refractivity contribution in [1.29, 1.82) is 0 Å². The molecule has 0 aromatic carbocycles. The van der Waals surface area contributed by atoms with Crippen LogP contribution in [0.3, 0.4) is 0 Å². The average Bonchev–Trinajstić information content (AvgIpc) is 2.46. The molecule has 2 rings (SSSR count). The Kier molecular flexibility index (Phi) is 4.78. The Hall–Kier alpha value is -2.04. The highest BCUT2D eigenvalue weighted by Gasteiger charge is 2.06. The molecule has 2 aromatic rings. The van der Waals surface area contributed by atoms with Crippen LogP contribution in [0.1, 0.15) is 32.5 Å². The largest absolute Gasteiger partial charge is 0.370 e. The number of hydrogen-bond acceptors (Lipinski definition) is 5. The van der Waals surface area contributed by atoms with Gasteiger partial charge in [0, 0.05) is 37.0 Å². The topological polar surface area (TPSA) is 63.6 Å². The lowest BCUT2D eigenvalue weighted by Crippen LogP contribution is -2.06. The number of aromatic nitrogens is 4. The van der Waals surface area contributed by atoms with Crippen LogP contribution in [0.4, 0.5) is 5.82 Å². The van der Waals surface area contributed by atoms with Crippen LogP contribution in [0.25, 0.3) is 11.3 Å². The first-order valence-electron chi connectivity index (χ1n) is 6.70. The third-order valence-electron chi connectivity index (χ3n) is 2.66. The molecule has 5 heteroatoms. The number of rotatable bonds is 6. The van der Waals surface area contributed by atoms with Crippen LogP contribution >= 0.6 is 0 Å². The highest BCUT2D eigenvalue weighted by Crippen LogP contribution is 2.18. The van der Waals surface area contributed by atoms with Crippen molar-refractivity contribution in [3.63, 3.8) is 0 Å². The predicted octanol–water partition coefficient (Wildman–Crippen LogP) is 2.71. The second-order valence-electron chi connectivity index (χ2n) is 4.36. The van der Waals surface area contributed by atoms with Gasteiger partial charge in [-0.25, -0.2) is 19.9 Å². The minimum Gasteiger partial charge on any atom is -0.370 e. The molecule has 0 saturated carbocycles. The summed E-state index contributed by atoms with van der Waals surface area (Å²) in [7, 11) is 0. The smallest absolute Gasteiger partial charge is 0.131 e. The van der Waals surface area contributed by atoms with E-state index in [0.717, 1.165) is 48.7 Å². The van der Waals surface area contributed by atoms with Gasteiger partial charge < -0.3 is 5.32 Å². The summed E-state index contributed by atoms with van der Waals surface area (Å²) in [6, 6.07) is 1.95. The van der Waals surface area contributed by atoms with Gasteiger partial charge in [0.25, 0.3) is 0 Å². The van der Waals surface area contributed by atoms with Crippen molar-refractivity contribution in [1.82, 2.24) is 19.9 Å². The number of anilines is 1. The van der Waals surface area contributed by atoms with Gasteiger partial charge in [-0.2, -0.15) is 0 Å². The van der Waals surface area contributed by atoms with E-state index in [1.54, 1.807) is 12.4 Å². The second-order valence-corrected chi connectivity index (χ2v) is 4.36. The van der Waals surface area contributed by atoms with E-state index in [1.807, 2.05) is 6.07 Å². The van der Waals surface area contributed by atoms with Crippen LogP contribution in [0.15, 0.2) is 24.8 Å². The van der Waals surface area contributed by atoms with E-state index in [4.69, 9.17) is 0 Å². The molecule has 0 atom stereocenters. The summed E-state index contributed by atoms with van der Waals surface area (Å²) >= 11 is 0. The summed E-state index contributed by atoms with van der Waals surface area (Å²) in [4.78, 5) is 17.2. The number of nitrogens with zero attached hydrogens (tertiary/aromatic N) is 4. The van der Waals surface area contributed by atoms with E-state index < -0.39 is 0 Å². The Morgan fingerprint density at radius 2 is 1.84 bits per heavy atom. The molecule has 1 N–H and O–H groups in total. The lowest BCUT2D eigenvalue weighted by atomic mass is 10.2. The first kappa shape index (κ1) is 13.4. The fourth-order valence-corrected chi connectivity index (χ4v) is 1.76. The van der Waals surface area contributed by atoms with Crippen molar-refractivity contribution < 1.29 is 0 Å². The van der Waals surface area contributed by atoms with E-state index in [-0.39, 0.29) is 0 Å². The first-order valence-corrected chi connectivity index (χ1v) is 6.70. The normalized spacial score (nSPS) is 10.4. The van der Waals surface area contributed by atoms with Crippen LogP contribution in [0.2, 0.25) is 0 Å². The number of aryl methyl sites for hydroxylation is 1. The molecule has 0 aliphatic carbocycles. The molecule has 0 fully saturated rings. The predicted molar refractivity (Wildman–Crippen MR) is 75.8 cm³/mol. The second kappa shape index (κ2) is 6.78. The van der Waals surface area contributed by atoms with E-state index in [2.05, 4.69) is 39.1 Å². The molecular weight excluding hydrogens is 238 g/mol. The van der Waals surface area contributed by atoms with Gasteiger partial charge in [0.1, 0.15) is 18.0 Å². The van der Waals surface area contributed by atoms with Crippen molar-refractivity contribution in [2.75, 3.05) is 11.9 Å². The fourth-order valence-electron chi connectivity index (χ4n) is 1.76. The van der Waals surface area contributed by atoms with E-state index in [9.17, 15) is 0 Å². The molecule has 0 radical (unpaired) electrons. The Balaban J connectivity index is 2.33. The van der Waals surface area contributed by atoms with Crippen molar-refractivity contribution in [2.24, 2.45) is 0 Å². The fraction of sp³-hybridized carbons (Fsp3) is 0.429. The third kappa shape index (κ3) is 3.71. The average molecular weight is 257 g/mol. The molecule has 0 spiro atoms. The molecule has 19 heavy (non-hydrogen) atoms. The van der Waals surface area contributed by atoms with Gasteiger partial charge in [0.2, 0.25) is 0 Å². The highest BCUT2D eigenvalue weighted by atomic mass is 15.0. The summed E-state index contributed by atoms with van der Waals surface area (Å²) in [6.45, 7) is 5.17. The number of nitrogens with one attached hydrogen (secondary N) is 1. The van der Waals surface area contributed by atoms with Gasteiger partial charge in [-0.3, -0.25) is 0 Å². The maximum absolute atomic E-state index is 4.57. The monoisotopic (exact) mass is 257 g/mol.